The number of methoxy groups -OCH3 is 1. The van der Waals surface area contributed by atoms with Gasteiger partial charge in [-0.1, -0.05) is 37.3 Å². The molecule has 2 aliphatic rings. The van der Waals surface area contributed by atoms with Crippen LogP contribution in [-0.4, -0.2) is 42.1 Å². The molecule has 1 aliphatic carbocycles. The first-order valence-corrected chi connectivity index (χ1v) is 11.6. The lowest BCUT2D eigenvalue weighted by atomic mass is 9.54. The molecule has 1 amide bonds. The number of cyclic esters (lactones) is 1. The number of carbonyl (C=O) groups is 2. The Hall–Kier alpha value is -3.64. The van der Waals surface area contributed by atoms with Crippen molar-refractivity contribution in [2.24, 2.45) is 28.9 Å². The smallest absolute Gasteiger partial charge is 0.316 e. The molecule has 2 heterocycles. The number of allylic oxidation sites excluding steroid dienone is 1. The van der Waals surface area contributed by atoms with Crippen LogP contribution < -0.4 is 5.73 Å². The molecule has 1 saturated carbocycles. The largest absolute Gasteiger partial charge is 0.462 e. The molecule has 2 fully saturated rings. The van der Waals surface area contributed by atoms with Gasteiger partial charge in [-0.05, 0) is 31.1 Å². The van der Waals surface area contributed by atoms with Crippen LogP contribution in [0.15, 0.2) is 48.7 Å². The molecule has 2 N–H and O–H groups in total. The van der Waals surface area contributed by atoms with Crippen LogP contribution in [0.1, 0.15) is 31.5 Å². The molecule has 1 aromatic heterocycles. The number of nitrogens with zero attached hydrogens (tertiary/aromatic N) is 2. The first-order valence-electron chi connectivity index (χ1n) is 11.6. The van der Waals surface area contributed by atoms with E-state index in [0.29, 0.717) is 11.3 Å². The quantitative estimate of drug-likeness (QED) is 0.607. The van der Waals surface area contributed by atoms with E-state index in [1.807, 2.05) is 12.1 Å². The van der Waals surface area contributed by atoms with Gasteiger partial charge in [0.25, 0.3) is 5.92 Å². The number of primary amides is 1. The first-order chi connectivity index (χ1) is 17.1. The van der Waals surface area contributed by atoms with Gasteiger partial charge in [0.2, 0.25) is 5.91 Å². The number of aromatic nitrogens is 1. The average molecular weight is 496 g/mol. The molecule has 9 heteroatoms. The third-order valence-electron chi connectivity index (χ3n) is 7.56. The van der Waals surface area contributed by atoms with Crippen molar-refractivity contribution in [3.63, 3.8) is 0 Å². The van der Waals surface area contributed by atoms with Gasteiger partial charge in [-0.15, -0.1) is 0 Å². The zero-order chi connectivity index (χ0) is 26.3. The zero-order valence-corrected chi connectivity index (χ0v) is 20.2. The molecule has 0 radical (unpaired) electrons. The van der Waals surface area contributed by atoms with Crippen LogP contribution in [0.3, 0.4) is 0 Å². The maximum atomic E-state index is 15.3. The Balaban J connectivity index is 1.71. The fourth-order valence-corrected chi connectivity index (χ4v) is 5.84. The summed E-state index contributed by atoms with van der Waals surface area (Å²) in [5.41, 5.74) is 6.09. The number of amides is 1. The minimum Gasteiger partial charge on any atom is -0.462 e. The van der Waals surface area contributed by atoms with Crippen molar-refractivity contribution in [3.8, 4) is 17.2 Å². The van der Waals surface area contributed by atoms with E-state index >= 15 is 8.78 Å². The number of esters is 1. The van der Waals surface area contributed by atoms with E-state index in [0.717, 1.165) is 11.1 Å². The number of benzene rings is 1. The Bertz CT molecular complexity index is 1240. The highest BCUT2D eigenvalue weighted by Gasteiger charge is 2.71. The van der Waals surface area contributed by atoms with Crippen molar-refractivity contribution in [1.82, 2.24) is 4.98 Å². The maximum absolute atomic E-state index is 15.3. The van der Waals surface area contributed by atoms with Crippen LogP contribution in [0.2, 0.25) is 0 Å². The number of nitrogens with two attached hydrogens (primary N) is 1. The number of ether oxygens (including phenoxy) is 2. The highest BCUT2D eigenvalue weighted by atomic mass is 19.3. The van der Waals surface area contributed by atoms with E-state index in [-0.39, 0.29) is 0 Å². The lowest BCUT2D eigenvalue weighted by Crippen LogP contribution is -2.61. The van der Waals surface area contributed by atoms with Crippen molar-refractivity contribution in [1.29, 1.82) is 5.26 Å². The number of fused-ring (bicyclic) bond motifs is 1. The fourth-order valence-electron chi connectivity index (χ4n) is 5.84. The number of carbonyl (C=O) groups excluding carboxylic acids is 2. The predicted octanol–water partition coefficient (Wildman–Crippen LogP) is 3.97. The van der Waals surface area contributed by atoms with Gasteiger partial charge in [0.1, 0.15) is 11.5 Å². The molecule has 1 aliphatic heterocycles. The zero-order valence-electron chi connectivity index (χ0n) is 20.2. The summed E-state index contributed by atoms with van der Waals surface area (Å²) < 4.78 is 41.3. The SMILES string of the molecule is CO[C@H](C(N)=O)[C@@]12CC(F)(F)[C@@H](C)[C@H](/C=C/c3ccc(-c4ccccc4C#N)cn3)[C@@H]1[C@@H](C)OC2=O. The van der Waals surface area contributed by atoms with E-state index in [9.17, 15) is 14.9 Å². The molecule has 0 bridgehead atoms. The van der Waals surface area contributed by atoms with Crippen LogP contribution >= 0.6 is 0 Å². The third-order valence-corrected chi connectivity index (χ3v) is 7.56. The molecule has 1 aromatic carbocycles. The van der Waals surface area contributed by atoms with Gasteiger partial charge in [0.05, 0.1) is 17.3 Å². The molecule has 2 aromatic rings. The fraction of sp³-hybridized carbons (Fsp3) is 0.407. The third kappa shape index (κ3) is 4.05. The summed E-state index contributed by atoms with van der Waals surface area (Å²) in [4.78, 5) is 29.6. The van der Waals surface area contributed by atoms with E-state index in [1.165, 1.54) is 14.0 Å². The number of pyridine rings is 1. The Morgan fingerprint density at radius 2 is 2.03 bits per heavy atom. The molecule has 36 heavy (non-hydrogen) atoms. The van der Waals surface area contributed by atoms with E-state index in [2.05, 4.69) is 11.1 Å². The molecule has 0 unspecified atom stereocenters. The monoisotopic (exact) mass is 495 g/mol. The van der Waals surface area contributed by atoms with Gasteiger partial charge in [0, 0.05) is 42.7 Å². The van der Waals surface area contributed by atoms with Crippen LogP contribution in [0.25, 0.3) is 17.2 Å². The average Bonchev–Trinajstić information content (AvgIpc) is 3.08. The van der Waals surface area contributed by atoms with Gasteiger partial charge in [0.15, 0.2) is 6.10 Å². The predicted molar refractivity (Wildman–Crippen MR) is 127 cm³/mol. The summed E-state index contributed by atoms with van der Waals surface area (Å²) >= 11 is 0. The van der Waals surface area contributed by atoms with Crippen molar-refractivity contribution in [2.75, 3.05) is 7.11 Å². The van der Waals surface area contributed by atoms with Crippen LogP contribution in [0.5, 0.6) is 0 Å². The molecular weight excluding hydrogens is 468 g/mol. The Morgan fingerprint density at radius 1 is 1.31 bits per heavy atom. The summed E-state index contributed by atoms with van der Waals surface area (Å²) in [6, 6.07) is 12.8. The Morgan fingerprint density at radius 3 is 2.64 bits per heavy atom. The summed E-state index contributed by atoms with van der Waals surface area (Å²) in [6.07, 6.45) is 1.68. The molecule has 188 valence electrons. The molecule has 7 nitrogen and oxygen atoms in total. The number of hydrogen-bond acceptors (Lipinski definition) is 6. The minimum atomic E-state index is -3.28. The van der Waals surface area contributed by atoms with E-state index in [4.69, 9.17) is 15.2 Å². The van der Waals surface area contributed by atoms with Crippen molar-refractivity contribution < 1.29 is 27.8 Å². The minimum absolute atomic E-state index is 0.510. The molecule has 1 saturated heterocycles. The summed E-state index contributed by atoms with van der Waals surface area (Å²) in [5.74, 6) is -7.89. The second-order valence-corrected chi connectivity index (χ2v) is 9.49. The summed E-state index contributed by atoms with van der Waals surface area (Å²) in [6.45, 7) is 3.06. The first kappa shape index (κ1) is 25.5. The molecular formula is C27H27F2N3O4. The summed E-state index contributed by atoms with van der Waals surface area (Å²) in [7, 11) is 1.18. The van der Waals surface area contributed by atoms with Gasteiger partial charge < -0.3 is 15.2 Å². The van der Waals surface area contributed by atoms with Crippen LogP contribution in [-0.2, 0) is 19.1 Å². The highest BCUT2D eigenvalue weighted by molar-refractivity contribution is 5.91. The van der Waals surface area contributed by atoms with E-state index < -0.39 is 59.6 Å². The topological polar surface area (TPSA) is 115 Å². The lowest BCUT2D eigenvalue weighted by molar-refractivity contribution is -0.195. The standard InChI is InChI=1S/C27H27F2N3O4/c1-15-20(11-10-19-9-8-18(13-32-19)21-7-5-4-6-17(21)12-30)22-16(2)36-25(34)26(22,14-27(15,28)29)23(35-3)24(31)33/h4-11,13,15-16,20,22-23H,14H2,1-3H3,(H2,31,33)/b11-10+/t15-,16+,20-,22-,23+,26+/m0/s1. The lowest BCUT2D eigenvalue weighted by Gasteiger charge is -2.49. The van der Waals surface area contributed by atoms with Crippen LogP contribution in [0, 0.1) is 34.5 Å². The summed E-state index contributed by atoms with van der Waals surface area (Å²) in [5, 5.41) is 9.34. The Labute approximate surface area is 207 Å². The van der Waals surface area contributed by atoms with Gasteiger partial charge in [-0.25, -0.2) is 8.78 Å². The Kier molecular flexibility index (Phi) is 6.67. The van der Waals surface area contributed by atoms with Gasteiger partial charge in [-0.3, -0.25) is 14.6 Å². The maximum Gasteiger partial charge on any atom is 0.316 e. The van der Waals surface area contributed by atoms with Crippen molar-refractivity contribution >= 4 is 18.0 Å². The van der Waals surface area contributed by atoms with Gasteiger partial charge in [-0.2, -0.15) is 5.26 Å². The van der Waals surface area contributed by atoms with Gasteiger partial charge >= 0.3 is 5.97 Å². The number of alkyl halides is 2. The second-order valence-electron chi connectivity index (χ2n) is 9.49. The normalized spacial score (nSPS) is 29.8. The molecule has 4 rings (SSSR count). The number of nitriles is 1. The van der Waals surface area contributed by atoms with Crippen molar-refractivity contribution in [3.05, 3.63) is 59.9 Å². The molecule has 0 spiro atoms. The second kappa shape index (κ2) is 9.43. The number of hydrogen-bond donors (Lipinski definition) is 1. The van der Waals surface area contributed by atoms with Crippen molar-refractivity contribution in [2.45, 2.75) is 38.4 Å². The molecule has 6 atom stereocenters. The highest BCUT2D eigenvalue weighted by Crippen LogP contribution is 2.61. The van der Waals surface area contributed by atoms with Crippen LogP contribution in [0.4, 0.5) is 8.78 Å². The van der Waals surface area contributed by atoms with E-state index in [1.54, 1.807) is 49.5 Å². The number of halogens is 2. The number of rotatable bonds is 6.